The van der Waals surface area contributed by atoms with E-state index in [4.69, 9.17) is 0 Å². The Hall–Kier alpha value is -0.703. The maximum Gasteiger partial charge on any atom is 0.418 e. The van der Waals surface area contributed by atoms with Crippen LogP contribution in [0.15, 0.2) is 18.2 Å². The molecule has 1 rings (SSSR count). The molecule has 0 spiro atoms. The number of halogens is 2. The summed E-state index contributed by atoms with van der Waals surface area (Å²) >= 11 is 0. The molecular weight excluding hydrogens is 246 g/mol. The van der Waals surface area contributed by atoms with Crippen molar-refractivity contribution in [3.05, 3.63) is 34.9 Å². The highest BCUT2D eigenvalue weighted by molar-refractivity contribution is 6.44. The van der Waals surface area contributed by atoms with E-state index in [-0.39, 0.29) is 0 Å². The first kappa shape index (κ1) is 15.4. The first-order valence-corrected chi connectivity index (χ1v) is 8.33. The molecule has 1 aromatic carbocycles. The molecule has 0 aliphatic rings. The van der Waals surface area contributed by atoms with Gasteiger partial charge in [-0.15, -0.1) is 0 Å². The van der Waals surface area contributed by atoms with Gasteiger partial charge in [-0.05, 0) is 34.9 Å². The van der Waals surface area contributed by atoms with Gasteiger partial charge in [0, 0.05) is 5.54 Å². The SMILES string of the molecule is CCC(c1cc(C(C)C)cc(C(C)C)c1)[SiH](F)F. The predicted molar refractivity (Wildman–Crippen MR) is 77.0 cm³/mol. The summed E-state index contributed by atoms with van der Waals surface area (Å²) < 4.78 is 26.4. The van der Waals surface area contributed by atoms with Crippen molar-refractivity contribution in [2.75, 3.05) is 0 Å². The van der Waals surface area contributed by atoms with Crippen molar-refractivity contribution < 1.29 is 8.22 Å². The van der Waals surface area contributed by atoms with Crippen LogP contribution in [0.25, 0.3) is 0 Å². The Morgan fingerprint density at radius 3 is 1.56 bits per heavy atom. The van der Waals surface area contributed by atoms with Crippen molar-refractivity contribution >= 4 is 9.46 Å². The Balaban J connectivity index is 3.25. The Kier molecular flexibility index (Phi) is 5.51. The zero-order valence-electron chi connectivity index (χ0n) is 12.0. The second-order valence-electron chi connectivity index (χ2n) is 5.59. The van der Waals surface area contributed by atoms with Gasteiger partial charge in [0.15, 0.2) is 0 Å². The molecule has 0 N–H and O–H groups in total. The molecule has 0 bridgehead atoms. The quantitative estimate of drug-likeness (QED) is 0.514. The van der Waals surface area contributed by atoms with E-state index in [1.165, 1.54) is 11.1 Å². The Morgan fingerprint density at radius 1 is 0.889 bits per heavy atom. The van der Waals surface area contributed by atoms with Crippen LogP contribution in [0.1, 0.15) is 75.1 Å². The van der Waals surface area contributed by atoms with E-state index in [1.807, 2.05) is 19.1 Å². The standard InChI is InChI=1S/C15H24F2Si/c1-6-15(18(16)17)14-8-12(10(2)3)7-13(9-14)11(4)5/h7-11,15,18H,6H2,1-5H3. The largest absolute Gasteiger partial charge is 0.418 e. The Bertz CT molecular complexity index is 360. The van der Waals surface area contributed by atoms with Gasteiger partial charge in [0.25, 0.3) is 0 Å². The molecule has 0 nitrogen and oxygen atoms in total. The van der Waals surface area contributed by atoms with Gasteiger partial charge < -0.3 is 0 Å². The lowest BCUT2D eigenvalue weighted by atomic mass is 9.92. The number of hydrogen-bond acceptors (Lipinski definition) is 0. The van der Waals surface area contributed by atoms with Crippen LogP contribution in [-0.4, -0.2) is 9.46 Å². The zero-order chi connectivity index (χ0) is 13.9. The Morgan fingerprint density at radius 2 is 1.28 bits per heavy atom. The Labute approximate surface area is 111 Å². The molecule has 102 valence electrons. The molecular formula is C15H24F2Si. The van der Waals surface area contributed by atoms with E-state index in [1.54, 1.807) is 0 Å². The number of rotatable bonds is 5. The van der Waals surface area contributed by atoms with Crippen LogP contribution in [0.4, 0.5) is 8.22 Å². The zero-order valence-corrected chi connectivity index (χ0v) is 13.2. The molecule has 0 amide bonds. The number of benzene rings is 1. The summed E-state index contributed by atoms with van der Waals surface area (Å²) in [5.41, 5.74) is 2.73. The fraction of sp³-hybridized carbons (Fsp3) is 0.600. The van der Waals surface area contributed by atoms with Crippen LogP contribution in [0, 0.1) is 0 Å². The maximum absolute atomic E-state index is 13.2. The molecule has 1 aromatic rings. The second kappa shape index (κ2) is 6.46. The van der Waals surface area contributed by atoms with Crippen LogP contribution >= 0.6 is 0 Å². The lowest BCUT2D eigenvalue weighted by Gasteiger charge is -2.19. The van der Waals surface area contributed by atoms with E-state index in [2.05, 4.69) is 33.8 Å². The lowest BCUT2D eigenvalue weighted by Crippen LogP contribution is -2.14. The molecule has 0 saturated heterocycles. The molecule has 3 heteroatoms. The number of hydrogen-bond donors (Lipinski definition) is 0. The highest BCUT2D eigenvalue weighted by Gasteiger charge is 2.25. The monoisotopic (exact) mass is 270 g/mol. The molecule has 0 radical (unpaired) electrons. The minimum Gasteiger partial charge on any atom is -0.274 e. The highest BCUT2D eigenvalue weighted by atomic mass is 28.4. The van der Waals surface area contributed by atoms with Crippen LogP contribution in [0.3, 0.4) is 0 Å². The smallest absolute Gasteiger partial charge is 0.274 e. The van der Waals surface area contributed by atoms with Crippen molar-refractivity contribution in [2.24, 2.45) is 0 Å². The van der Waals surface area contributed by atoms with Crippen LogP contribution < -0.4 is 0 Å². The summed E-state index contributed by atoms with van der Waals surface area (Å²) in [5.74, 6) is 0.776. The van der Waals surface area contributed by atoms with E-state index in [0.717, 1.165) is 5.56 Å². The summed E-state index contributed by atoms with van der Waals surface area (Å²) in [7, 11) is -3.62. The molecule has 0 fully saturated rings. The topological polar surface area (TPSA) is 0 Å². The summed E-state index contributed by atoms with van der Waals surface area (Å²) in [4.78, 5) is 0. The van der Waals surface area contributed by atoms with Gasteiger partial charge in [-0.3, -0.25) is 8.22 Å². The fourth-order valence-electron chi connectivity index (χ4n) is 2.14. The van der Waals surface area contributed by atoms with Gasteiger partial charge in [-0.2, -0.15) is 0 Å². The average molecular weight is 270 g/mol. The molecule has 18 heavy (non-hydrogen) atoms. The van der Waals surface area contributed by atoms with E-state index in [0.29, 0.717) is 18.3 Å². The van der Waals surface area contributed by atoms with E-state index >= 15 is 0 Å². The van der Waals surface area contributed by atoms with Crippen molar-refractivity contribution in [3.63, 3.8) is 0 Å². The molecule has 0 aliphatic carbocycles. The lowest BCUT2D eigenvalue weighted by molar-refractivity contribution is 0.602. The first-order valence-electron chi connectivity index (χ1n) is 6.79. The summed E-state index contributed by atoms with van der Waals surface area (Å²) in [5, 5.41) is 0. The van der Waals surface area contributed by atoms with E-state index < -0.39 is 15.0 Å². The molecule has 1 atom stereocenters. The highest BCUT2D eigenvalue weighted by Crippen LogP contribution is 2.30. The summed E-state index contributed by atoms with van der Waals surface area (Å²) in [6, 6.07) is 6.15. The average Bonchev–Trinajstić information content (AvgIpc) is 2.28. The van der Waals surface area contributed by atoms with Gasteiger partial charge in [-0.25, -0.2) is 0 Å². The van der Waals surface area contributed by atoms with Gasteiger partial charge in [-0.1, -0.05) is 52.8 Å². The minimum atomic E-state index is -3.62. The first-order chi connectivity index (χ1) is 8.36. The van der Waals surface area contributed by atoms with Crippen molar-refractivity contribution in [3.8, 4) is 0 Å². The fourth-order valence-corrected chi connectivity index (χ4v) is 2.98. The van der Waals surface area contributed by atoms with Crippen LogP contribution in [0.5, 0.6) is 0 Å². The third-order valence-corrected chi connectivity index (χ3v) is 4.97. The van der Waals surface area contributed by atoms with Crippen molar-refractivity contribution in [1.82, 2.24) is 0 Å². The third-order valence-electron chi connectivity index (χ3n) is 3.51. The van der Waals surface area contributed by atoms with E-state index in [9.17, 15) is 8.22 Å². The van der Waals surface area contributed by atoms with Crippen molar-refractivity contribution in [1.29, 1.82) is 0 Å². The van der Waals surface area contributed by atoms with Gasteiger partial charge >= 0.3 is 9.46 Å². The van der Waals surface area contributed by atoms with Gasteiger partial charge in [0.05, 0.1) is 0 Å². The third kappa shape index (κ3) is 3.64. The van der Waals surface area contributed by atoms with Crippen LogP contribution in [-0.2, 0) is 0 Å². The molecule has 1 unspecified atom stereocenters. The second-order valence-corrected chi connectivity index (χ2v) is 7.07. The van der Waals surface area contributed by atoms with Crippen molar-refractivity contribution in [2.45, 2.75) is 58.4 Å². The summed E-state index contributed by atoms with van der Waals surface area (Å²) in [6.45, 7) is 10.3. The van der Waals surface area contributed by atoms with Crippen LogP contribution in [0.2, 0.25) is 0 Å². The maximum atomic E-state index is 13.2. The molecule has 0 aliphatic heterocycles. The normalized spacial score (nSPS) is 13.7. The van der Waals surface area contributed by atoms with Gasteiger partial charge in [0.1, 0.15) is 0 Å². The molecule has 0 aromatic heterocycles. The minimum absolute atomic E-state index is 0.388. The van der Waals surface area contributed by atoms with Gasteiger partial charge in [0.2, 0.25) is 0 Å². The molecule has 0 saturated carbocycles. The summed E-state index contributed by atoms with van der Waals surface area (Å²) in [6.07, 6.45) is 0.545. The molecule has 0 heterocycles. The predicted octanol–water partition coefficient (Wildman–Crippen LogP) is 5.13.